The van der Waals surface area contributed by atoms with Gasteiger partial charge in [0.1, 0.15) is 0 Å². The minimum atomic E-state index is 0.125. The predicted octanol–water partition coefficient (Wildman–Crippen LogP) is 5.46. The molecular formula is C18H22ClN. The van der Waals surface area contributed by atoms with E-state index in [-0.39, 0.29) is 6.04 Å². The Morgan fingerprint density at radius 3 is 2.45 bits per heavy atom. The number of rotatable bonds is 3. The summed E-state index contributed by atoms with van der Waals surface area (Å²) in [6.45, 7) is 0. The molecule has 0 radical (unpaired) electrons. The van der Waals surface area contributed by atoms with Gasteiger partial charge in [0, 0.05) is 16.5 Å². The maximum Gasteiger partial charge on any atom is 0.0484 e. The first-order valence-electron chi connectivity index (χ1n) is 7.68. The minimum Gasteiger partial charge on any atom is -0.324 e. The molecule has 1 unspecified atom stereocenters. The molecule has 2 aromatic carbocycles. The summed E-state index contributed by atoms with van der Waals surface area (Å²) in [5.74, 6) is 0.799. The van der Waals surface area contributed by atoms with Crippen molar-refractivity contribution in [3.63, 3.8) is 0 Å². The molecule has 1 saturated carbocycles. The van der Waals surface area contributed by atoms with Crippen molar-refractivity contribution in [3.8, 4) is 0 Å². The molecule has 1 nitrogen and oxygen atoms in total. The quantitative estimate of drug-likeness (QED) is 0.796. The van der Waals surface area contributed by atoms with Crippen molar-refractivity contribution in [3.05, 3.63) is 47.0 Å². The van der Waals surface area contributed by atoms with E-state index in [4.69, 9.17) is 17.3 Å². The third-order valence-corrected chi connectivity index (χ3v) is 4.95. The van der Waals surface area contributed by atoms with Crippen LogP contribution in [0, 0.1) is 5.92 Å². The van der Waals surface area contributed by atoms with Gasteiger partial charge in [-0.2, -0.15) is 0 Å². The van der Waals surface area contributed by atoms with Crippen LogP contribution in [0.2, 0.25) is 5.02 Å². The monoisotopic (exact) mass is 287 g/mol. The average Bonchev–Trinajstić information content (AvgIpc) is 2.49. The minimum absolute atomic E-state index is 0.125. The first-order valence-corrected chi connectivity index (χ1v) is 8.06. The van der Waals surface area contributed by atoms with E-state index in [1.165, 1.54) is 43.1 Å². The maximum atomic E-state index is 6.50. The van der Waals surface area contributed by atoms with Gasteiger partial charge in [0.05, 0.1) is 0 Å². The summed E-state index contributed by atoms with van der Waals surface area (Å²) in [4.78, 5) is 0. The molecule has 1 atom stereocenters. The highest BCUT2D eigenvalue weighted by molar-refractivity contribution is 6.35. The molecule has 0 bridgehead atoms. The Hall–Kier alpha value is -1.05. The largest absolute Gasteiger partial charge is 0.324 e. The third kappa shape index (κ3) is 2.84. The molecular weight excluding hydrogens is 266 g/mol. The van der Waals surface area contributed by atoms with E-state index in [2.05, 4.69) is 24.3 Å². The lowest BCUT2D eigenvalue weighted by molar-refractivity contribution is 0.319. The predicted molar refractivity (Wildman–Crippen MR) is 87.1 cm³/mol. The Kier molecular flexibility index (Phi) is 4.28. The van der Waals surface area contributed by atoms with Gasteiger partial charge in [-0.25, -0.2) is 0 Å². The zero-order chi connectivity index (χ0) is 13.9. The fraction of sp³-hybridized carbons (Fsp3) is 0.444. The van der Waals surface area contributed by atoms with E-state index in [1.807, 2.05) is 12.1 Å². The van der Waals surface area contributed by atoms with Crippen LogP contribution in [0.25, 0.3) is 10.8 Å². The van der Waals surface area contributed by atoms with Gasteiger partial charge in [-0.1, -0.05) is 74.0 Å². The normalized spacial score (nSPS) is 18.3. The number of hydrogen-bond donors (Lipinski definition) is 1. The molecule has 2 heteroatoms. The summed E-state index contributed by atoms with van der Waals surface area (Å²) in [5.41, 5.74) is 7.74. The van der Waals surface area contributed by atoms with Gasteiger partial charge in [-0.05, 0) is 29.4 Å². The number of nitrogens with two attached hydrogens (primary N) is 1. The fourth-order valence-electron chi connectivity index (χ4n) is 3.52. The van der Waals surface area contributed by atoms with Crippen molar-refractivity contribution in [1.82, 2.24) is 0 Å². The Morgan fingerprint density at radius 2 is 1.70 bits per heavy atom. The van der Waals surface area contributed by atoms with Gasteiger partial charge in [-0.15, -0.1) is 0 Å². The summed E-state index contributed by atoms with van der Waals surface area (Å²) in [6.07, 6.45) is 7.94. The first kappa shape index (κ1) is 13.9. The van der Waals surface area contributed by atoms with Crippen LogP contribution in [-0.2, 0) is 0 Å². The second-order valence-corrected chi connectivity index (χ2v) is 6.44. The molecule has 0 aliphatic heterocycles. The van der Waals surface area contributed by atoms with E-state index in [1.54, 1.807) is 0 Å². The highest BCUT2D eigenvalue weighted by Crippen LogP contribution is 2.34. The summed E-state index contributed by atoms with van der Waals surface area (Å²) < 4.78 is 0. The number of benzene rings is 2. The van der Waals surface area contributed by atoms with Crippen LogP contribution in [0.1, 0.15) is 50.1 Å². The molecule has 0 spiro atoms. The van der Waals surface area contributed by atoms with Gasteiger partial charge in [0.25, 0.3) is 0 Å². The average molecular weight is 288 g/mol. The van der Waals surface area contributed by atoms with Gasteiger partial charge in [0.15, 0.2) is 0 Å². The van der Waals surface area contributed by atoms with Crippen molar-refractivity contribution in [1.29, 1.82) is 0 Å². The summed E-state index contributed by atoms with van der Waals surface area (Å²) in [6, 6.07) is 12.5. The lowest BCUT2D eigenvalue weighted by Gasteiger charge is -2.25. The Morgan fingerprint density at radius 1 is 1.00 bits per heavy atom. The van der Waals surface area contributed by atoms with Crippen molar-refractivity contribution < 1.29 is 0 Å². The van der Waals surface area contributed by atoms with Crippen LogP contribution < -0.4 is 5.73 Å². The SMILES string of the molecule is NC(CC1CCCCC1)c1ccc(Cl)c2ccccc12. The standard InChI is InChI=1S/C18H22ClN/c19-17-11-10-16(14-8-4-5-9-15(14)17)18(20)12-13-6-2-1-3-7-13/h4-5,8-11,13,18H,1-3,6-7,12,20H2. The molecule has 2 N–H and O–H groups in total. The highest BCUT2D eigenvalue weighted by atomic mass is 35.5. The fourth-order valence-corrected chi connectivity index (χ4v) is 3.75. The van der Waals surface area contributed by atoms with Gasteiger partial charge in [-0.3, -0.25) is 0 Å². The number of halogens is 1. The van der Waals surface area contributed by atoms with Crippen LogP contribution in [0.4, 0.5) is 0 Å². The van der Waals surface area contributed by atoms with E-state index in [9.17, 15) is 0 Å². The molecule has 0 aromatic heterocycles. The molecule has 1 aliphatic rings. The van der Waals surface area contributed by atoms with Crippen molar-refractivity contribution in [2.45, 2.75) is 44.6 Å². The third-order valence-electron chi connectivity index (χ3n) is 4.62. The van der Waals surface area contributed by atoms with Gasteiger partial charge < -0.3 is 5.73 Å². The lowest BCUT2D eigenvalue weighted by atomic mass is 9.83. The Labute approximate surface area is 126 Å². The van der Waals surface area contributed by atoms with Gasteiger partial charge in [0.2, 0.25) is 0 Å². The van der Waals surface area contributed by atoms with Crippen LogP contribution >= 0.6 is 11.6 Å². The summed E-state index contributed by atoms with van der Waals surface area (Å²) in [7, 11) is 0. The molecule has 1 fully saturated rings. The molecule has 20 heavy (non-hydrogen) atoms. The molecule has 106 valence electrons. The maximum absolute atomic E-state index is 6.50. The first-order chi connectivity index (χ1) is 9.75. The Balaban J connectivity index is 1.87. The lowest BCUT2D eigenvalue weighted by Crippen LogP contribution is -2.17. The zero-order valence-electron chi connectivity index (χ0n) is 11.8. The van der Waals surface area contributed by atoms with Crippen molar-refractivity contribution >= 4 is 22.4 Å². The molecule has 0 heterocycles. The van der Waals surface area contributed by atoms with Crippen LogP contribution in [-0.4, -0.2) is 0 Å². The second kappa shape index (κ2) is 6.15. The second-order valence-electron chi connectivity index (χ2n) is 6.03. The zero-order valence-corrected chi connectivity index (χ0v) is 12.6. The topological polar surface area (TPSA) is 26.0 Å². The smallest absolute Gasteiger partial charge is 0.0484 e. The Bertz CT molecular complexity index is 587. The van der Waals surface area contributed by atoms with Crippen LogP contribution in [0.15, 0.2) is 36.4 Å². The van der Waals surface area contributed by atoms with Crippen LogP contribution in [0.5, 0.6) is 0 Å². The van der Waals surface area contributed by atoms with Gasteiger partial charge >= 0.3 is 0 Å². The molecule has 1 aliphatic carbocycles. The van der Waals surface area contributed by atoms with E-state index in [0.717, 1.165) is 22.7 Å². The summed E-state index contributed by atoms with van der Waals surface area (Å²) in [5, 5.41) is 3.14. The van der Waals surface area contributed by atoms with E-state index >= 15 is 0 Å². The highest BCUT2D eigenvalue weighted by Gasteiger charge is 2.19. The van der Waals surface area contributed by atoms with E-state index in [0.29, 0.717) is 0 Å². The molecule has 0 saturated heterocycles. The van der Waals surface area contributed by atoms with Crippen molar-refractivity contribution in [2.24, 2.45) is 11.7 Å². The molecule has 0 amide bonds. The number of hydrogen-bond acceptors (Lipinski definition) is 1. The summed E-state index contributed by atoms with van der Waals surface area (Å²) >= 11 is 6.28. The van der Waals surface area contributed by atoms with E-state index < -0.39 is 0 Å². The van der Waals surface area contributed by atoms with Crippen molar-refractivity contribution in [2.75, 3.05) is 0 Å². The number of fused-ring (bicyclic) bond motifs is 1. The molecule has 2 aromatic rings. The molecule has 3 rings (SSSR count). The van der Waals surface area contributed by atoms with Crippen LogP contribution in [0.3, 0.4) is 0 Å².